The quantitative estimate of drug-likeness (QED) is 0.577. The van der Waals surface area contributed by atoms with Crippen LogP contribution in [0, 0.1) is 16.7 Å². The van der Waals surface area contributed by atoms with Crippen LogP contribution in [-0.2, 0) is 8.92 Å². The molecule has 1 atom stereocenters. The number of amides is 1. The number of likely N-dealkylation sites (tertiary alicyclic amines) is 1. The van der Waals surface area contributed by atoms with E-state index in [1.54, 1.807) is 27.0 Å². The standard InChI is InChI=1S/C13H21FN2O3S/c1-12(2,3)19-11(17)16-8-13(7-15,9-16)10(14)5-6-18-20-4/h10H,5-6,8-9H2,1-4H3. The van der Waals surface area contributed by atoms with Crippen molar-refractivity contribution in [2.45, 2.75) is 39.0 Å². The lowest BCUT2D eigenvalue weighted by Crippen LogP contribution is -2.62. The maximum absolute atomic E-state index is 14.1. The highest BCUT2D eigenvalue weighted by Crippen LogP contribution is 2.37. The van der Waals surface area contributed by atoms with E-state index in [1.807, 2.05) is 6.07 Å². The largest absolute Gasteiger partial charge is 0.444 e. The Morgan fingerprint density at radius 1 is 1.55 bits per heavy atom. The number of hydrogen-bond acceptors (Lipinski definition) is 5. The summed E-state index contributed by atoms with van der Waals surface area (Å²) < 4.78 is 24.3. The molecule has 1 heterocycles. The Kier molecular flexibility index (Phi) is 5.66. The molecule has 0 aliphatic carbocycles. The smallest absolute Gasteiger partial charge is 0.410 e. The van der Waals surface area contributed by atoms with Gasteiger partial charge in [0.2, 0.25) is 0 Å². The molecule has 1 rings (SSSR count). The van der Waals surface area contributed by atoms with E-state index in [0.717, 1.165) is 0 Å². The first kappa shape index (κ1) is 17.1. The van der Waals surface area contributed by atoms with Crippen molar-refractivity contribution >= 4 is 18.1 Å². The van der Waals surface area contributed by atoms with E-state index in [9.17, 15) is 14.4 Å². The molecule has 1 fully saturated rings. The summed E-state index contributed by atoms with van der Waals surface area (Å²) in [5, 5.41) is 9.18. The van der Waals surface area contributed by atoms with E-state index in [0.29, 0.717) is 0 Å². The molecule has 1 aliphatic rings. The summed E-state index contributed by atoms with van der Waals surface area (Å²) >= 11 is 1.17. The Morgan fingerprint density at radius 3 is 2.60 bits per heavy atom. The zero-order chi connectivity index (χ0) is 15.4. The number of nitriles is 1. The number of rotatable bonds is 5. The number of alkyl halides is 1. The fourth-order valence-corrected chi connectivity index (χ4v) is 2.20. The minimum Gasteiger partial charge on any atom is -0.444 e. The Labute approximate surface area is 123 Å². The van der Waals surface area contributed by atoms with E-state index in [1.165, 1.54) is 16.9 Å². The van der Waals surface area contributed by atoms with Crippen molar-refractivity contribution < 1.29 is 18.1 Å². The van der Waals surface area contributed by atoms with E-state index in [-0.39, 0.29) is 26.1 Å². The molecule has 0 N–H and O–H groups in total. The van der Waals surface area contributed by atoms with Crippen LogP contribution >= 0.6 is 12.0 Å². The van der Waals surface area contributed by atoms with Gasteiger partial charge in [0.15, 0.2) is 0 Å². The number of carbonyl (C=O) groups is 1. The van der Waals surface area contributed by atoms with Crippen molar-refractivity contribution in [3.63, 3.8) is 0 Å². The predicted molar refractivity (Wildman–Crippen MR) is 74.8 cm³/mol. The highest BCUT2D eigenvalue weighted by molar-refractivity contribution is 7.93. The van der Waals surface area contributed by atoms with Crippen LogP contribution < -0.4 is 0 Å². The van der Waals surface area contributed by atoms with Gasteiger partial charge in [-0.1, -0.05) is 0 Å². The maximum atomic E-state index is 14.1. The molecule has 114 valence electrons. The second kappa shape index (κ2) is 6.64. The lowest BCUT2D eigenvalue weighted by atomic mass is 9.76. The van der Waals surface area contributed by atoms with E-state index in [2.05, 4.69) is 0 Å². The monoisotopic (exact) mass is 304 g/mol. The summed E-state index contributed by atoms with van der Waals surface area (Å²) in [4.78, 5) is 13.1. The minimum atomic E-state index is -1.31. The Balaban J connectivity index is 2.49. The van der Waals surface area contributed by atoms with Crippen LogP contribution in [0.1, 0.15) is 27.2 Å². The number of carbonyl (C=O) groups excluding carboxylic acids is 1. The minimum absolute atomic E-state index is 0.0683. The van der Waals surface area contributed by atoms with Gasteiger partial charge in [0.25, 0.3) is 0 Å². The molecule has 0 spiro atoms. The molecule has 0 saturated carbocycles. The van der Waals surface area contributed by atoms with Crippen molar-refractivity contribution in [2.75, 3.05) is 26.0 Å². The third-order valence-corrected chi connectivity index (χ3v) is 3.39. The first-order valence-electron chi connectivity index (χ1n) is 6.43. The first-order chi connectivity index (χ1) is 9.24. The van der Waals surface area contributed by atoms with Gasteiger partial charge >= 0.3 is 6.09 Å². The van der Waals surface area contributed by atoms with E-state index < -0.39 is 23.3 Å². The molecule has 1 unspecified atom stereocenters. The molecule has 7 heteroatoms. The van der Waals surface area contributed by atoms with Gasteiger partial charge in [0.05, 0.1) is 12.7 Å². The van der Waals surface area contributed by atoms with Gasteiger partial charge in [0, 0.05) is 25.8 Å². The highest BCUT2D eigenvalue weighted by atomic mass is 32.2. The molecule has 0 bridgehead atoms. The van der Waals surface area contributed by atoms with Crippen LogP contribution in [-0.4, -0.2) is 48.7 Å². The van der Waals surface area contributed by atoms with E-state index >= 15 is 0 Å². The maximum Gasteiger partial charge on any atom is 0.410 e. The van der Waals surface area contributed by atoms with Crippen LogP contribution in [0.15, 0.2) is 0 Å². The Bertz CT molecular complexity index is 386. The van der Waals surface area contributed by atoms with Gasteiger partial charge in [-0.25, -0.2) is 9.18 Å². The van der Waals surface area contributed by atoms with Gasteiger partial charge in [-0.05, 0) is 32.8 Å². The van der Waals surface area contributed by atoms with Crippen molar-refractivity contribution in [1.29, 1.82) is 5.26 Å². The fourth-order valence-electron chi connectivity index (χ4n) is 1.94. The van der Waals surface area contributed by atoms with Crippen LogP contribution in [0.2, 0.25) is 0 Å². The number of hydrogen-bond donors (Lipinski definition) is 0. The zero-order valence-electron chi connectivity index (χ0n) is 12.3. The summed E-state index contributed by atoms with van der Waals surface area (Å²) in [6.45, 7) is 5.68. The van der Waals surface area contributed by atoms with Crippen molar-refractivity contribution in [3.05, 3.63) is 0 Å². The second-order valence-electron chi connectivity index (χ2n) is 5.85. The summed E-state index contributed by atoms with van der Waals surface area (Å²) in [7, 11) is 0. The van der Waals surface area contributed by atoms with Crippen molar-refractivity contribution in [1.82, 2.24) is 4.90 Å². The highest BCUT2D eigenvalue weighted by Gasteiger charge is 2.52. The molecule has 0 aromatic heterocycles. The summed E-state index contributed by atoms with van der Waals surface area (Å²) in [6.07, 6.45) is 0.0894. The lowest BCUT2D eigenvalue weighted by molar-refractivity contribution is -0.0437. The summed E-state index contributed by atoms with van der Waals surface area (Å²) in [5.41, 5.74) is -1.72. The fraction of sp³-hybridized carbons (Fsp3) is 0.846. The van der Waals surface area contributed by atoms with Gasteiger partial charge in [-0.2, -0.15) is 5.26 Å². The van der Waals surface area contributed by atoms with Crippen LogP contribution in [0.25, 0.3) is 0 Å². The molecular formula is C13H21FN2O3S. The predicted octanol–water partition coefficient (Wildman–Crippen LogP) is 2.77. The molecule has 20 heavy (non-hydrogen) atoms. The van der Waals surface area contributed by atoms with E-state index in [4.69, 9.17) is 8.92 Å². The van der Waals surface area contributed by atoms with Gasteiger partial charge in [0.1, 0.15) is 17.2 Å². The van der Waals surface area contributed by atoms with Crippen LogP contribution in [0.5, 0.6) is 0 Å². The summed E-state index contributed by atoms with van der Waals surface area (Å²) in [6, 6.07) is 2.00. The third-order valence-electron chi connectivity index (χ3n) is 2.99. The number of nitrogens with zero attached hydrogens (tertiary/aromatic N) is 2. The SMILES string of the molecule is CSOCCC(F)C1(C#N)CN(C(=O)OC(C)(C)C)C1. The molecular weight excluding hydrogens is 283 g/mol. The number of ether oxygens (including phenoxy) is 1. The second-order valence-corrected chi connectivity index (χ2v) is 6.42. The molecule has 1 aliphatic heterocycles. The molecule has 0 radical (unpaired) electrons. The first-order valence-corrected chi connectivity index (χ1v) is 7.58. The average Bonchev–Trinajstić information content (AvgIpc) is 2.26. The normalized spacial score (nSPS) is 18.9. The van der Waals surface area contributed by atoms with Crippen LogP contribution in [0.3, 0.4) is 0 Å². The van der Waals surface area contributed by atoms with Crippen molar-refractivity contribution in [2.24, 2.45) is 5.41 Å². The lowest BCUT2D eigenvalue weighted by Gasteiger charge is -2.46. The molecule has 5 nitrogen and oxygen atoms in total. The van der Waals surface area contributed by atoms with Gasteiger partial charge in [-0.3, -0.25) is 0 Å². The topological polar surface area (TPSA) is 62.6 Å². The molecule has 0 aromatic carbocycles. The third kappa shape index (κ3) is 4.25. The van der Waals surface area contributed by atoms with Gasteiger partial charge in [-0.15, -0.1) is 0 Å². The van der Waals surface area contributed by atoms with Crippen LogP contribution in [0.4, 0.5) is 9.18 Å². The Morgan fingerprint density at radius 2 is 2.15 bits per heavy atom. The average molecular weight is 304 g/mol. The summed E-state index contributed by atoms with van der Waals surface area (Å²) in [5.74, 6) is 0. The van der Waals surface area contributed by atoms with Crippen molar-refractivity contribution in [3.8, 4) is 6.07 Å². The molecule has 0 aromatic rings. The van der Waals surface area contributed by atoms with Gasteiger partial charge < -0.3 is 13.8 Å². The Hall–Kier alpha value is -1.00. The molecule has 1 saturated heterocycles. The zero-order valence-corrected chi connectivity index (χ0v) is 13.1. The number of halogens is 1. The molecule has 1 amide bonds.